The Labute approximate surface area is 111 Å². The summed E-state index contributed by atoms with van der Waals surface area (Å²) in [4.78, 5) is 23.5. The van der Waals surface area contributed by atoms with E-state index in [1.54, 1.807) is 20.9 Å². The fraction of sp³-hybridized carbons (Fsp3) is 0.385. The molecule has 0 atom stereocenters. The van der Waals surface area contributed by atoms with Gasteiger partial charge in [-0.15, -0.1) is 0 Å². The number of esters is 1. The number of halogens is 1. The van der Waals surface area contributed by atoms with E-state index in [-0.39, 0.29) is 17.2 Å². The van der Waals surface area contributed by atoms with Gasteiger partial charge < -0.3 is 15.4 Å². The molecule has 1 aromatic rings. The van der Waals surface area contributed by atoms with E-state index in [0.29, 0.717) is 0 Å². The first-order chi connectivity index (χ1) is 8.81. The Morgan fingerprint density at radius 2 is 1.95 bits per heavy atom. The van der Waals surface area contributed by atoms with E-state index in [2.05, 4.69) is 15.4 Å². The molecule has 1 aromatic carbocycles. The standard InChI is InChI=1S/C13H17FN2O3/c1-13(2,15-3)12(18)16-10-6-5-8(14)7-9(10)11(17)19-4/h5-7,15H,1-4H3,(H,16,18). The number of carbonyl (C=O) groups is 2. The number of benzene rings is 1. The van der Waals surface area contributed by atoms with Crippen LogP contribution in [0.3, 0.4) is 0 Å². The van der Waals surface area contributed by atoms with E-state index in [1.165, 1.54) is 13.2 Å². The number of anilines is 1. The normalized spacial score (nSPS) is 11.0. The molecule has 0 spiro atoms. The first-order valence-corrected chi connectivity index (χ1v) is 5.70. The van der Waals surface area contributed by atoms with Crippen LogP contribution in [0.2, 0.25) is 0 Å². The Kier molecular flexibility index (Phi) is 4.61. The maximum atomic E-state index is 13.1. The van der Waals surface area contributed by atoms with Crippen LogP contribution in [0.4, 0.5) is 10.1 Å². The Bertz CT molecular complexity index is 501. The molecule has 0 unspecified atom stereocenters. The van der Waals surface area contributed by atoms with Crippen molar-refractivity contribution in [2.75, 3.05) is 19.5 Å². The molecule has 0 aliphatic heterocycles. The number of hydrogen-bond acceptors (Lipinski definition) is 4. The molecular weight excluding hydrogens is 251 g/mol. The summed E-state index contributed by atoms with van der Waals surface area (Å²) in [6.45, 7) is 3.37. The second-order valence-electron chi connectivity index (χ2n) is 4.51. The minimum Gasteiger partial charge on any atom is -0.465 e. The maximum absolute atomic E-state index is 13.1. The zero-order valence-corrected chi connectivity index (χ0v) is 11.3. The molecule has 0 aliphatic carbocycles. The summed E-state index contributed by atoms with van der Waals surface area (Å²) < 4.78 is 17.7. The number of amides is 1. The molecule has 5 nitrogen and oxygen atoms in total. The van der Waals surface area contributed by atoms with Gasteiger partial charge in [0.25, 0.3) is 0 Å². The number of rotatable bonds is 4. The summed E-state index contributed by atoms with van der Waals surface area (Å²) in [6, 6.07) is 3.51. The minimum atomic E-state index is -0.818. The molecule has 0 radical (unpaired) electrons. The van der Waals surface area contributed by atoms with Crippen LogP contribution in [-0.4, -0.2) is 31.6 Å². The Morgan fingerprint density at radius 3 is 2.47 bits per heavy atom. The van der Waals surface area contributed by atoms with Gasteiger partial charge in [-0.05, 0) is 39.1 Å². The van der Waals surface area contributed by atoms with Crippen molar-refractivity contribution in [2.45, 2.75) is 19.4 Å². The Balaban J connectivity index is 3.08. The smallest absolute Gasteiger partial charge is 0.340 e. The third-order valence-electron chi connectivity index (χ3n) is 2.83. The van der Waals surface area contributed by atoms with Gasteiger partial charge in [-0.25, -0.2) is 9.18 Å². The van der Waals surface area contributed by atoms with E-state index in [4.69, 9.17) is 0 Å². The number of carbonyl (C=O) groups excluding carboxylic acids is 2. The lowest BCUT2D eigenvalue weighted by atomic mass is 10.0. The average Bonchev–Trinajstić information content (AvgIpc) is 2.39. The lowest BCUT2D eigenvalue weighted by Crippen LogP contribution is -2.48. The van der Waals surface area contributed by atoms with Crippen LogP contribution in [0.5, 0.6) is 0 Å². The highest BCUT2D eigenvalue weighted by Gasteiger charge is 2.26. The zero-order valence-electron chi connectivity index (χ0n) is 11.3. The van der Waals surface area contributed by atoms with E-state index in [0.717, 1.165) is 12.1 Å². The summed E-state index contributed by atoms with van der Waals surface area (Å²) in [5.41, 5.74) is -0.633. The average molecular weight is 268 g/mol. The van der Waals surface area contributed by atoms with Crippen LogP contribution in [0.25, 0.3) is 0 Å². The molecule has 1 rings (SSSR count). The minimum absolute atomic E-state index is 0.0252. The van der Waals surface area contributed by atoms with Crippen molar-refractivity contribution in [2.24, 2.45) is 0 Å². The Morgan fingerprint density at radius 1 is 1.32 bits per heavy atom. The van der Waals surface area contributed by atoms with E-state index in [1.807, 2.05) is 0 Å². The van der Waals surface area contributed by atoms with Gasteiger partial charge >= 0.3 is 5.97 Å². The number of methoxy groups -OCH3 is 1. The summed E-state index contributed by atoms with van der Waals surface area (Å²) in [7, 11) is 2.84. The largest absolute Gasteiger partial charge is 0.465 e. The van der Waals surface area contributed by atoms with Gasteiger partial charge in [-0.2, -0.15) is 0 Å². The highest BCUT2D eigenvalue weighted by Crippen LogP contribution is 2.19. The second kappa shape index (κ2) is 5.79. The molecule has 0 aromatic heterocycles. The SMILES string of the molecule is CNC(C)(C)C(=O)Nc1ccc(F)cc1C(=O)OC. The molecule has 19 heavy (non-hydrogen) atoms. The summed E-state index contributed by atoms with van der Waals surface area (Å²) in [5, 5.41) is 5.41. The lowest BCUT2D eigenvalue weighted by Gasteiger charge is -2.23. The van der Waals surface area contributed by atoms with Crippen molar-refractivity contribution in [1.29, 1.82) is 0 Å². The van der Waals surface area contributed by atoms with Crippen LogP contribution in [-0.2, 0) is 9.53 Å². The maximum Gasteiger partial charge on any atom is 0.340 e. The van der Waals surface area contributed by atoms with Gasteiger partial charge in [-0.3, -0.25) is 4.79 Å². The summed E-state index contributed by atoms with van der Waals surface area (Å²) in [6.07, 6.45) is 0. The molecule has 0 heterocycles. The fourth-order valence-electron chi connectivity index (χ4n) is 1.30. The molecule has 104 valence electrons. The van der Waals surface area contributed by atoms with E-state index >= 15 is 0 Å². The van der Waals surface area contributed by atoms with Gasteiger partial charge in [-0.1, -0.05) is 0 Å². The first-order valence-electron chi connectivity index (χ1n) is 5.70. The highest BCUT2D eigenvalue weighted by atomic mass is 19.1. The molecule has 0 aliphatic rings. The molecule has 0 fully saturated rings. The molecule has 0 saturated carbocycles. The number of hydrogen-bond donors (Lipinski definition) is 2. The fourth-order valence-corrected chi connectivity index (χ4v) is 1.30. The number of nitrogens with one attached hydrogen (secondary N) is 2. The predicted octanol–water partition coefficient (Wildman–Crippen LogP) is 1.55. The third kappa shape index (κ3) is 3.51. The zero-order chi connectivity index (χ0) is 14.6. The highest BCUT2D eigenvalue weighted by molar-refractivity contribution is 6.03. The van der Waals surface area contributed by atoms with Crippen LogP contribution >= 0.6 is 0 Å². The van der Waals surface area contributed by atoms with Crippen molar-refractivity contribution in [3.05, 3.63) is 29.6 Å². The van der Waals surface area contributed by atoms with Crippen LogP contribution < -0.4 is 10.6 Å². The van der Waals surface area contributed by atoms with Crippen molar-refractivity contribution >= 4 is 17.6 Å². The van der Waals surface area contributed by atoms with Crippen molar-refractivity contribution in [3.63, 3.8) is 0 Å². The van der Waals surface area contributed by atoms with Gasteiger partial charge in [0.1, 0.15) is 5.82 Å². The predicted molar refractivity (Wildman–Crippen MR) is 69.5 cm³/mol. The molecule has 2 N–H and O–H groups in total. The van der Waals surface area contributed by atoms with Crippen molar-refractivity contribution in [3.8, 4) is 0 Å². The van der Waals surface area contributed by atoms with Crippen LogP contribution in [0, 0.1) is 5.82 Å². The number of ether oxygens (including phenoxy) is 1. The number of likely N-dealkylation sites (N-methyl/N-ethyl adjacent to an activating group) is 1. The molecule has 0 bridgehead atoms. The Hall–Kier alpha value is -1.95. The van der Waals surface area contributed by atoms with Crippen LogP contribution in [0.15, 0.2) is 18.2 Å². The first kappa shape index (κ1) is 15.1. The quantitative estimate of drug-likeness (QED) is 0.813. The van der Waals surface area contributed by atoms with Crippen molar-refractivity contribution < 1.29 is 18.7 Å². The van der Waals surface area contributed by atoms with Gasteiger partial charge in [0.05, 0.1) is 23.9 Å². The summed E-state index contributed by atoms with van der Waals surface area (Å²) in [5.74, 6) is -1.63. The van der Waals surface area contributed by atoms with Gasteiger partial charge in [0, 0.05) is 0 Å². The summed E-state index contributed by atoms with van der Waals surface area (Å²) >= 11 is 0. The van der Waals surface area contributed by atoms with Crippen LogP contribution in [0.1, 0.15) is 24.2 Å². The van der Waals surface area contributed by atoms with Gasteiger partial charge in [0.2, 0.25) is 5.91 Å². The van der Waals surface area contributed by atoms with E-state index < -0.39 is 17.3 Å². The monoisotopic (exact) mass is 268 g/mol. The molecule has 1 amide bonds. The molecule has 0 saturated heterocycles. The topological polar surface area (TPSA) is 67.4 Å². The second-order valence-corrected chi connectivity index (χ2v) is 4.51. The molecule has 6 heteroatoms. The lowest BCUT2D eigenvalue weighted by molar-refractivity contribution is -0.121. The van der Waals surface area contributed by atoms with E-state index in [9.17, 15) is 14.0 Å². The molecular formula is C13H17FN2O3. The van der Waals surface area contributed by atoms with Gasteiger partial charge in [0.15, 0.2) is 0 Å². The van der Waals surface area contributed by atoms with Crippen molar-refractivity contribution in [1.82, 2.24) is 5.32 Å². The third-order valence-corrected chi connectivity index (χ3v) is 2.83.